The molecule has 0 aliphatic carbocycles. The fourth-order valence-corrected chi connectivity index (χ4v) is 5.24. The third-order valence-corrected chi connectivity index (χ3v) is 6.98. The summed E-state index contributed by atoms with van der Waals surface area (Å²) in [5.41, 5.74) is 1.29. The van der Waals surface area contributed by atoms with Gasteiger partial charge in [0.05, 0.1) is 5.41 Å². The number of nitrogens with one attached hydrogen (secondary N) is 1. The second-order valence-corrected chi connectivity index (χ2v) is 8.88. The highest BCUT2D eigenvalue weighted by Crippen LogP contribution is 2.42. The van der Waals surface area contributed by atoms with Gasteiger partial charge in [-0.2, -0.15) is 0 Å². The van der Waals surface area contributed by atoms with Gasteiger partial charge in [-0.25, -0.2) is 0 Å². The standard InChI is InChI=1S/C23H34N2O2/c26-22-23(11-13-24-14-12-23)17-21(27-22)18-25-15-9-20(10-16-25)8-4-7-19-5-2-1-3-6-19/h1-3,5-6,20-21,24H,4,7-18H2. The van der Waals surface area contributed by atoms with Crippen LogP contribution in [0.4, 0.5) is 0 Å². The van der Waals surface area contributed by atoms with E-state index in [2.05, 4.69) is 40.5 Å². The lowest BCUT2D eigenvalue weighted by Crippen LogP contribution is -2.40. The number of hydrogen-bond donors (Lipinski definition) is 1. The fraction of sp³-hybridized carbons (Fsp3) is 0.696. The van der Waals surface area contributed by atoms with Gasteiger partial charge in [0.15, 0.2) is 0 Å². The number of benzene rings is 1. The van der Waals surface area contributed by atoms with E-state index in [1.54, 1.807) is 0 Å². The Labute approximate surface area is 163 Å². The summed E-state index contributed by atoms with van der Waals surface area (Å²) in [5, 5.41) is 3.37. The van der Waals surface area contributed by atoms with E-state index in [-0.39, 0.29) is 17.5 Å². The van der Waals surface area contributed by atoms with Crippen LogP contribution in [0.2, 0.25) is 0 Å². The molecule has 3 saturated heterocycles. The topological polar surface area (TPSA) is 41.6 Å². The van der Waals surface area contributed by atoms with E-state index in [1.807, 2.05) is 0 Å². The van der Waals surface area contributed by atoms with Crippen molar-refractivity contribution in [2.45, 2.75) is 57.5 Å². The van der Waals surface area contributed by atoms with Gasteiger partial charge in [-0.3, -0.25) is 9.69 Å². The Morgan fingerprint density at radius 3 is 2.59 bits per heavy atom. The smallest absolute Gasteiger partial charge is 0.312 e. The van der Waals surface area contributed by atoms with Crippen molar-refractivity contribution in [2.75, 3.05) is 32.7 Å². The largest absolute Gasteiger partial charge is 0.461 e. The van der Waals surface area contributed by atoms with Crippen LogP contribution in [0.15, 0.2) is 30.3 Å². The molecule has 0 bridgehead atoms. The molecule has 4 rings (SSSR count). The van der Waals surface area contributed by atoms with Crippen molar-refractivity contribution >= 4 is 5.97 Å². The molecule has 1 unspecified atom stereocenters. The molecule has 3 heterocycles. The summed E-state index contributed by atoms with van der Waals surface area (Å²) in [7, 11) is 0. The van der Waals surface area contributed by atoms with Crippen molar-refractivity contribution in [1.82, 2.24) is 10.2 Å². The Morgan fingerprint density at radius 1 is 1.11 bits per heavy atom. The van der Waals surface area contributed by atoms with Gasteiger partial charge in [-0.1, -0.05) is 36.8 Å². The van der Waals surface area contributed by atoms with Crippen molar-refractivity contribution < 1.29 is 9.53 Å². The van der Waals surface area contributed by atoms with Gasteiger partial charge in [0.2, 0.25) is 0 Å². The molecular weight excluding hydrogens is 336 g/mol. The van der Waals surface area contributed by atoms with E-state index in [4.69, 9.17) is 4.74 Å². The van der Waals surface area contributed by atoms with Crippen LogP contribution >= 0.6 is 0 Å². The number of rotatable bonds is 6. The molecule has 3 aliphatic heterocycles. The second-order valence-electron chi connectivity index (χ2n) is 8.88. The van der Waals surface area contributed by atoms with Crippen LogP contribution in [-0.2, 0) is 16.0 Å². The van der Waals surface area contributed by atoms with Crippen molar-refractivity contribution in [3.63, 3.8) is 0 Å². The van der Waals surface area contributed by atoms with Crippen LogP contribution < -0.4 is 5.32 Å². The molecule has 4 heteroatoms. The van der Waals surface area contributed by atoms with Crippen molar-refractivity contribution in [2.24, 2.45) is 11.3 Å². The van der Waals surface area contributed by atoms with E-state index < -0.39 is 0 Å². The molecule has 1 atom stereocenters. The zero-order chi connectivity index (χ0) is 18.5. The normalized spacial score (nSPS) is 26.4. The summed E-state index contributed by atoms with van der Waals surface area (Å²) >= 11 is 0. The van der Waals surface area contributed by atoms with Crippen molar-refractivity contribution in [3.05, 3.63) is 35.9 Å². The number of cyclic esters (lactones) is 1. The molecule has 3 aliphatic rings. The highest BCUT2D eigenvalue weighted by Gasteiger charge is 2.49. The minimum Gasteiger partial charge on any atom is -0.461 e. The summed E-state index contributed by atoms with van der Waals surface area (Å²) < 4.78 is 5.79. The number of piperidine rings is 2. The summed E-state index contributed by atoms with van der Waals surface area (Å²) in [6.07, 6.45) is 9.39. The molecule has 1 aromatic rings. The van der Waals surface area contributed by atoms with E-state index in [0.29, 0.717) is 0 Å². The zero-order valence-corrected chi connectivity index (χ0v) is 16.5. The van der Waals surface area contributed by atoms with Crippen LogP contribution in [0.1, 0.15) is 50.5 Å². The predicted molar refractivity (Wildman–Crippen MR) is 108 cm³/mol. The number of carbonyl (C=O) groups is 1. The lowest BCUT2D eigenvalue weighted by molar-refractivity contribution is -0.150. The molecule has 0 saturated carbocycles. The number of aryl methyl sites for hydroxylation is 1. The summed E-state index contributed by atoms with van der Waals surface area (Å²) in [6, 6.07) is 10.8. The highest BCUT2D eigenvalue weighted by atomic mass is 16.6. The molecule has 1 spiro atoms. The number of likely N-dealkylation sites (tertiary alicyclic amines) is 1. The first-order valence-corrected chi connectivity index (χ1v) is 10.9. The van der Waals surface area contributed by atoms with Crippen LogP contribution in [-0.4, -0.2) is 49.7 Å². The van der Waals surface area contributed by atoms with Gasteiger partial charge in [0.25, 0.3) is 0 Å². The average molecular weight is 371 g/mol. The molecule has 4 nitrogen and oxygen atoms in total. The monoisotopic (exact) mass is 370 g/mol. The van der Waals surface area contributed by atoms with Crippen LogP contribution in [0.25, 0.3) is 0 Å². The number of nitrogens with zero attached hydrogens (tertiary/aromatic N) is 1. The van der Waals surface area contributed by atoms with Crippen LogP contribution in [0.5, 0.6) is 0 Å². The first-order chi connectivity index (χ1) is 13.2. The first-order valence-electron chi connectivity index (χ1n) is 10.9. The second kappa shape index (κ2) is 8.74. The van der Waals surface area contributed by atoms with Gasteiger partial charge < -0.3 is 10.1 Å². The fourth-order valence-electron chi connectivity index (χ4n) is 5.24. The van der Waals surface area contributed by atoms with Crippen LogP contribution in [0.3, 0.4) is 0 Å². The number of esters is 1. The molecule has 1 aromatic carbocycles. The number of ether oxygens (including phenoxy) is 1. The molecule has 3 fully saturated rings. The van der Waals surface area contributed by atoms with Gasteiger partial charge in [-0.05, 0) is 76.2 Å². The molecule has 148 valence electrons. The minimum atomic E-state index is -0.175. The van der Waals surface area contributed by atoms with E-state index in [0.717, 1.165) is 44.8 Å². The third kappa shape index (κ3) is 4.72. The Kier molecular flexibility index (Phi) is 6.14. The summed E-state index contributed by atoms with van der Waals surface area (Å²) in [4.78, 5) is 15.0. The lowest BCUT2D eigenvalue weighted by Gasteiger charge is -2.33. The summed E-state index contributed by atoms with van der Waals surface area (Å²) in [6.45, 7) is 5.18. The minimum absolute atomic E-state index is 0.0739. The van der Waals surface area contributed by atoms with Gasteiger partial charge >= 0.3 is 5.97 Å². The van der Waals surface area contributed by atoms with Gasteiger partial charge in [0.1, 0.15) is 6.10 Å². The highest BCUT2D eigenvalue weighted by molar-refractivity contribution is 5.79. The summed E-state index contributed by atoms with van der Waals surface area (Å²) in [5.74, 6) is 0.941. The van der Waals surface area contributed by atoms with Crippen LogP contribution in [0, 0.1) is 11.3 Å². The van der Waals surface area contributed by atoms with Gasteiger partial charge in [-0.15, -0.1) is 0 Å². The SMILES string of the molecule is O=C1OC(CN2CCC(CCCc3ccccc3)CC2)CC12CCNCC2. The zero-order valence-electron chi connectivity index (χ0n) is 16.5. The quantitative estimate of drug-likeness (QED) is 0.779. The average Bonchev–Trinajstić information content (AvgIpc) is 2.99. The molecule has 0 amide bonds. The Morgan fingerprint density at radius 2 is 1.85 bits per heavy atom. The van der Waals surface area contributed by atoms with Crippen molar-refractivity contribution in [3.8, 4) is 0 Å². The maximum absolute atomic E-state index is 12.4. The molecule has 0 aromatic heterocycles. The Hall–Kier alpha value is -1.39. The molecule has 27 heavy (non-hydrogen) atoms. The molecule has 1 N–H and O–H groups in total. The predicted octanol–water partition coefficient (Wildman–Crippen LogP) is 3.41. The molecular formula is C23H34N2O2. The molecule has 0 radical (unpaired) electrons. The van der Waals surface area contributed by atoms with Gasteiger partial charge in [0, 0.05) is 13.0 Å². The maximum atomic E-state index is 12.4. The van der Waals surface area contributed by atoms with E-state index in [1.165, 1.54) is 50.8 Å². The number of hydrogen-bond acceptors (Lipinski definition) is 4. The number of carbonyl (C=O) groups excluding carboxylic acids is 1. The Balaban J connectivity index is 1.16. The lowest BCUT2D eigenvalue weighted by atomic mass is 9.76. The maximum Gasteiger partial charge on any atom is 0.312 e. The first kappa shape index (κ1) is 18.9. The van der Waals surface area contributed by atoms with Crippen molar-refractivity contribution in [1.29, 1.82) is 0 Å². The Bertz CT molecular complexity index is 604. The third-order valence-electron chi connectivity index (χ3n) is 6.98. The van der Waals surface area contributed by atoms with E-state index >= 15 is 0 Å². The van der Waals surface area contributed by atoms with E-state index in [9.17, 15) is 4.79 Å².